The summed E-state index contributed by atoms with van der Waals surface area (Å²) >= 11 is 5.89. The van der Waals surface area contributed by atoms with Crippen LogP contribution < -0.4 is 14.8 Å². The SMILES string of the molecule is COc1cc(CNC(=O)CCCc2ccc(Cl)cc2)ccc1OCc1ccncc1. The molecule has 0 unspecified atom stereocenters. The van der Waals surface area contributed by atoms with Gasteiger partial charge in [-0.1, -0.05) is 29.8 Å². The second-order valence-corrected chi connectivity index (χ2v) is 7.32. The minimum Gasteiger partial charge on any atom is -0.493 e. The number of amides is 1. The first-order valence-corrected chi connectivity index (χ1v) is 10.2. The highest BCUT2D eigenvalue weighted by molar-refractivity contribution is 6.30. The van der Waals surface area contributed by atoms with E-state index in [1.165, 1.54) is 5.56 Å². The number of hydrogen-bond acceptors (Lipinski definition) is 4. The summed E-state index contributed by atoms with van der Waals surface area (Å²) in [6.45, 7) is 0.878. The van der Waals surface area contributed by atoms with E-state index in [9.17, 15) is 4.79 Å². The molecular formula is C24H25ClN2O3. The molecule has 0 bridgehead atoms. The molecule has 0 spiro atoms. The van der Waals surface area contributed by atoms with Crippen molar-refractivity contribution in [3.05, 3.63) is 88.7 Å². The number of pyridine rings is 1. The lowest BCUT2D eigenvalue weighted by Gasteiger charge is -2.13. The molecule has 6 heteroatoms. The molecule has 156 valence electrons. The van der Waals surface area contributed by atoms with E-state index in [1.807, 2.05) is 54.6 Å². The third-order valence-corrected chi connectivity index (χ3v) is 4.90. The van der Waals surface area contributed by atoms with Gasteiger partial charge in [-0.15, -0.1) is 0 Å². The fourth-order valence-corrected chi connectivity index (χ4v) is 3.10. The second kappa shape index (κ2) is 11.2. The summed E-state index contributed by atoms with van der Waals surface area (Å²) in [5.74, 6) is 1.33. The third-order valence-electron chi connectivity index (χ3n) is 4.64. The van der Waals surface area contributed by atoms with Crippen LogP contribution in [-0.4, -0.2) is 18.0 Å². The first kappa shape index (κ1) is 21.7. The number of ether oxygens (including phenoxy) is 2. The van der Waals surface area contributed by atoms with Gasteiger partial charge in [-0.25, -0.2) is 0 Å². The molecule has 0 aliphatic heterocycles. The molecule has 1 amide bonds. The molecule has 1 heterocycles. The largest absolute Gasteiger partial charge is 0.493 e. The van der Waals surface area contributed by atoms with Crippen molar-refractivity contribution in [1.29, 1.82) is 0 Å². The van der Waals surface area contributed by atoms with Crippen LogP contribution in [0.5, 0.6) is 11.5 Å². The molecule has 1 aromatic heterocycles. The Balaban J connectivity index is 1.45. The molecule has 3 aromatic rings. The van der Waals surface area contributed by atoms with Crippen molar-refractivity contribution >= 4 is 17.5 Å². The Morgan fingerprint density at radius 3 is 2.43 bits per heavy atom. The molecule has 0 fully saturated rings. The van der Waals surface area contributed by atoms with E-state index in [2.05, 4.69) is 10.3 Å². The molecule has 0 saturated carbocycles. The van der Waals surface area contributed by atoms with Gasteiger partial charge >= 0.3 is 0 Å². The van der Waals surface area contributed by atoms with Crippen molar-refractivity contribution in [3.63, 3.8) is 0 Å². The van der Waals surface area contributed by atoms with Crippen molar-refractivity contribution in [2.45, 2.75) is 32.4 Å². The Labute approximate surface area is 182 Å². The molecule has 0 aliphatic carbocycles. The van der Waals surface area contributed by atoms with Gasteiger partial charge in [0.05, 0.1) is 7.11 Å². The average Bonchev–Trinajstić information content (AvgIpc) is 2.78. The average molecular weight is 425 g/mol. The van der Waals surface area contributed by atoms with Gasteiger partial charge in [0.25, 0.3) is 0 Å². The lowest BCUT2D eigenvalue weighted by Crippen LogP contribution is -2.22. The Kier molecular flexibility index (Phi) is 8.10. The number of carbonyl (C=O) groups excluding carboxylic acids is 1. The molecular weight excluding hydrogens is 400 g/mol. The second-order valence-electron chi connectivity index (χ2n) is 6.89. The van der Waals surface area contributed by atoms with Crippen LogP contribution in [0.25, 0.3) is 0 Å². The maximum Gasteiger partial charge on any atom is 0.220 e. The van der Waals surface area contributed by atoms with Gasteiger partial charge in [0.15, 0.2) is 11.5 Å². The molecule has 30 heavy (non-hydrogen) atoms. The summed E-state index contributed by atoms with van der Waals surface area (Å²) in [7, 11) is 1.60. The molecule has 1 N–H and O–H groups in total. The van der Waals surface area contributed by atoms with Crippen molar-refractivity contribution in [2.75, 3.05) is 7.11 Å². The number of rotatable bonds is 10. The van der Waals surface area contributed by atoms with Crippen LogP contribution >= 0.6 is 11.6 Å². The van der Waals surface area contributed by atoms with Crippen LogP contribution in [0.4, 0.5) is 0 Å². The molecule has 0 saturated heterocycles. The van der Waals surface area contributed by atoms with Crippen molar-refractivity contribution in [1.82, 2.24) is 10.3 Å². The van der Waals surface area contributed by atoms with E-state index < -0.39 is 0 Å². The van der Waals surface area contributed by atoms with E-state index in [1.54, 1.807) is 19.5 Å². The Morgan fingerprint density at radius 2 is 1.70 bits per heavy atom. The molecule has 0 aliphatic rings. The molecule has 0 radical (unpaired) electrons. The topological polar surface area (TPSA) is 60.5 Å². The number of halogens is 1. The Hall–Kier alpha value is -3.05. The number of nitrogens with zero attached hydrogens (tertiary/aromatic N) is 1. The summed E-state index contributed by atoms with van der Waals surface area (Å²) in [4.78, 5) is 16.1. The fraction of sp³-hybridized carbons (Fsp3) is 0.250. The monoisotopic (exact) mass is 424 g/mol. The van der Waals surface area contributed by atoms with Crippen LogP contribution in [0.15, 0.2) is 67.0 Å². The van der Waals surface area contributed by atoms with Gasteiger partial charge in [0.2, 0.25) is 5.91 Å². The van der Waals surface area contributed by atoms with Crippen LogP contribution in [0, 0.1) is 0 Å². The first-order valence-electron chi connectivity index (χ1n) is 9.84. The zero-order chi connectivity index (χ0) is 21.2. The van der Waals surface area contributed by atoms with Gasteiger partial charge in [-0.3, -0.25) is 9.78 Å². The maximum atomic E-state index is 12.1. The molecule has 2 aromatic carbocycles. The minimum absolute atomic E-state index is 0.0287. The standard InChI is InChI=1S/C24H25ClN2O3/c1-29-23-15-20(7-10-22(23)30-17-19-11-13-26-14-12-19)16-27-24(28)4-2-3-18-5-8-21(25)9-6-18/h5-15H,2-4,16-17H2,1H3,(H,27,28). The third kappa shape index (κ3) is 6.78. The Bertz CT molecular complexity index is 946. The van der Waals surface area contributed by atoms with Crippen LogP contribution in [0.2, 0.25) is 5.02 Å². The molecule has 0 atom stereocenters. The number of aromatic nitrogens is 1. The molecule has 3 rings (SSSR count). The smallest absolute Gasteiger partial charge is 0.220 e. The predicted molar refractivity (Wildman–Crippen MR) is 118 cm³/mol. The highest BCUT2D eigenvalue weighted by Crippen LogP contribution is 2.28. The quantitative estimate of drug-likeness (QED) is 0.499. The van der Waals surface area contributed by atoms with Crippen molar-refractivity contribution < 1.29 is 14.3 Å². The number of methoxy groups -OCH3 is 1. The molecule has 5 nitrogen and oxygen atoms in total. The van der Waals surface area contributed by atoms with Gasteiger partial charge in [0.1, 0.15) is 6.61 Å². The number of nitrogens with one attached hydrogen (secondary N) is 1. The highest BCUT2D eigenvalue weighted by Gasteiger charge is 2.08. The van der Waals surface area contributed by atoms with E-state index in [4.69, 9.17) is 21.1 Å². The normalized spacial score (nSPS) is 10.5. The fourth-order valence-electron chi connectivity index (χ4n) is 2.97. The van der Waals surface area contributed by atoms with Crippen molar-refractivity contribution in [3.8, 4) is 11.5 Å². The summed E-state index contributed by atoms with van der Waals surface area (Å²) in [5.41, 5.74) is 3.16. The number of hydrogen-bond donors (Lipinski definition) is 1. The minimum atomic E-state index is 0.0287. The lowest BCUT2D eigenvalue weighted by molar-refractivity contribution is -0.121. The number of aryl methyl sites for hydroxylation is 1. The summed E-state index contributed by atoms with van der Waals surface area (Å²) < 4.78 is 11.3. The number of carbonyl (C=O) groups is 1. The summed E-state index contributed by atoms with van der Waals surface area (Å²) in [6.07, 6.45) is 5.59. The van der Waals surface area contributed by atoms with Crippen LogP contribution in [0.1, 0.15) is 29.5 Å². The zero-order valence-corrected chi connectivity index (χ0v) is 17.7. The van der Waals surface area contributed by atoms with Crippen molar-refractivity contribution in [2.24, 2.45) is 0 Å². The van der Waals surface area contributed by atoms with Gasteiger partial charge in [-0.05, 0) is 65.9 Å². The zero-order valence-electron chi connectivity index (χ0n) is 16.9. The van der Waals surface area contributed by atoms with E-state index >= 15 is 0 Å². The van der Waals surface area contributed by atoms with Gasteiger partial charge in [-0.2, -0.15) is 0 Å². The van der Waals surface area contributed by atoms with Crippen LogP contribution in [-0.2, 0) is 24.4 Å². The lowest BCUT2D eigenvalue weighted by atomic mass is 10.1. The summed E-state index contributed by atoms with van der Waals surface area (Å²) in [5, 5.41) is 3.68. The van der Waals surface area contributed by atoms with E-state index in [0.717, 1.165) is 29.0 Å². The summed E-state index contributed by atoms with van der Waals surface area (Å²) in [6, 6.07) is 17.2. The van der Waals surface area contributed by atoms with Gasteiger partial charge in [0, 0.05) is 30.4 Å². The maximum absolute atomic E-state index is 12.1. The van der Waals surface area contributed by atoms with E-state index in [0.29, 0.717) is 31.1 Å². The first-order chi connectivity index (χ1) is 14.6. The highest BCUT2D eigenvalue weighted by atomic mass is 35.5. The Morgan fingerprint density at radius 1 is 0.967 bits per heavy atom. The van der Waals surface area contributed by atoms with E-state index in [-0.39, 0.29) is 5.91 Å². The van der Waals surface area contributed by atoms with Gasteiger partial charge < -0.3 is 14.8 Å². The predicted octanol–water partition coefficient (Wildman–Crippen LogP) is 4.96. The van der Waals surface area contributed by atoms with Crippen LogP contribution in [0.3, 0.4) is 0 Å². The number of benzene rings is 2.